The third-order valence-corrected chi connectivity index (χ3v) is 5.55. The van der Waals surface area contributed by atoms with Gasteiger partial charge >= 0.3 is 0 Å². The van der Waals surface area contributed by atoms with E-state index in [0.29, 0.717) is 31.6 Å². The average Bonchev–Trinajstić information content (AvgIpc) is 2.96. The standard InChI is InChI=1S/C18H33N3O2/c1-4-20(5-2)14(3)12-19-18(23)15-11-17(22)21(13-15)16-9-7-6-8-10-16/h14-16H,4-13H2,1-3H3,(H,19,23). The maximum absolute atomic E-state index is 12.4. The van der Waals surface area contributed by atoms with Crippen molar-refractivity contribution in [3.05, 3.63) is 0 Å². The Kier molecular flexibility index (Phi) is 6.88. The summed E-state index contributed by atoms with van der Waals surface area (Å²) in [5.74, 6) is 0.0674. The lowest BCUT2D eigenvalue weighted by Gasteiger charge is -2.31. The van der Waals surface area contributed by atoms with E-state index in [1.807, 2.05) is 4.90 Å². The second-order valence-electron chi connectivity index (χ2n) is 7.05. The van der Waals surface area contributed by atoms with Crippen molar-refractivity contribution < 1.29 is 9.59 Å². The molecular formula is C18H33N3O2. The molecule has 1 heterocycles. The number of carbonyl (C=O) groups is 2. The van der Waals surface area contributed by atoms with Gasteiger partial charge < -0.3 is 10.2 Å². The topological polar surface area (TPSA) is 52.7 Å². The van der Waals surface area contributed by atoms with Crippen LogP contribution in [0.2, 0.25) is 0 Å². The van der Waals surface area contributed by atoms with Gasteiger partial charge in [-0.2, -0.15) is 0 Å². The molecule has 0 bridgehead atoms. The number of nitrogens with zero attached hydrogens (tertiary/aromatic N) is 2. The Balaban J connectivity index is 1.80. The fourth-order valence-corrected chi connectivity index (χ4v) is 4.02. The van der Waals surface area contributed by atoms with Gasteiger partial charge in [-0.1, -0.05) is 33.1 Å². The molecule has 1 N–H and O–H groups in total. The molecule has 23 heavy (non-hydrogen) atoms. The van der Waals surface area contributed by atoms with Crippen molar-refractivity contribution in [3.8, 4) is 0 Å². The number of nitrogens with one attached hydrogen (secondary N) is 1. The number of rotatable bonds is 7. The summed E-state index contributed by atoms with van der Waals surface area (Å²) < 4.78 is 0. The lowest BCUT2D eigenvalue weighted by atomic mass is 9.94. The van der Waals surface area contributed by atoms with Crippen LogP contribution in [0.1, 0.15) is 59.3 Å². The van der Waals surface area contributed by atoms with Gasteiger partial charge in [0, 0.05) is 31.6 Å². The van der Waals surface area contributed by atoms with E-state index in [0.717, 1.165) is 25.9 Å². The van der Waals surface area contributed by atoms with Crippen LogP contribution in [0.15, 0.2) is 0 Å². The molecule has 1 saturated carbocycles. The molecule has 132 valence electrons. The van der Waals surface area contributed by atoms with Crippen LogP contribution in [0, 0.1) is 5.92 Å². The predicted octanol–water partition coefficient (Wildman–Crippen LogP) is 2.01. The van der Waals surface area contributed by atoms with Crippen LogP contribution < -0.4 is 5.32 Å². The smallest absolute Gasteiger partial charge is 0.225 e. The maximum atomic E-state index is 12.4. The van der Waals surface area contributed by atoms with E-state index in [1.165, 1.54) is 19.3 Å². The Morgan fingerprint density at radius 2 is 1.91 bits per heavy atom. The fourth-order valence-electron chi connectivity index (χ4n) is 4.02. The molecule has 5 heteroatoms. The quantitative estimate of drug-likeness (QED) is 0.780. The molecule has 0 aromatic rings. The van der Waals surface area contributed by atoms with Crippen LogP contribution in [0.25, 0.3) is 0 Å². The van der Waals surface area contributed by atoms with Crippen LogP contribution >= 0.6 is 0 Å². The van der Waals surface area contributed by atoms with Crippen molar-refractivity contribution in [2.24, 2.45) is 5.92 Å². The summed E-state index contributed by atoms with van der Waals surface area (Å²) in [5.41, 5.74) is 0. The molecule has 2 rings (SSSR count). The monoisotopic (exact) mass is 323 g/mol. The molecule has 0 spiro atoms. The van der Waals surface area contributed by atoms with Gasteiger partial charge in [0.2, 0.25) is 11.8 Å². The molecule has 0 aromatic heterocycles. The summed E-state index contributed by atoms with van der Waals surface area (Å²) in [7, 11) is 0. The Bertz CT molecular complexity index is 403. The van der Waals surface area contributed by atoms with E-state index < -0.39 is 0 Å². The molecule has 2 amide bonds. The van der Waals surface area contributed by atoms with E-state index >= 15 is 0 Å². The average molecular weight is 323 g/mol. The van der Waals surface area contributed by atoms with Gasteiger partial charge in [-0.25, -0.2) is 0 Å². The maximum Gasteiger partial charge on any atom is 0.225 e. The third-order valence-electron chi connectivity index (χ3n) is 5.55. The Labute approximate surface area is 140 Å². The lowest BCUT2D eigenvalue weighted by Crippen LogP contribution is -2.44. The lowest BCUT2D eigenvalue weighted by molar-refractivity contribution is -0.130. The second kappa shape index (κ2) is 8.67. The molecule has 2 fully saturated rings. The summed E-state index contributed by atoms with van der Waals surface area (Å²) in [6, 6.07) is 0.712. The first-order valence-corrected chi connectivity index (χ1v) is 9.38. The number of likely N-dealkylation sites (tertiary alicyclic amines) is 1. The SMILES string of the molecule is CCN(CC)C(C)CNC(=O)C1CC(=O)N(C2CCCCC2)C1. The normalized spacial score (nSPS) is 24.3. The molecule has 1 aliphatic carbocycles. The van der Waals surface area contributed by atoms with Crippen molar-refractivity contribution in [2.75, 3.05) is 26.2 Å². The Hall–Kier alpha value is -1.10. The van der Waals surface area contributed by atoms with Crippen molar-refractivity contribution in [3.63, 3.8) is 0 Å². The van der Waals surface area contributed by atoms with Gasteiger partial charge in [-0.3, -0.25) is 14.5 Å². The van der Waals surface area contributed by atoms with Crippen LogP contribution in [0.5, 0.6) is 0 Å². The molecule has 0 radical (unpaired) electrons. The van der Waals surface area contributed by atoms with E-state index in [9.17, 15) is 9.59 Å². The van der Waals surface area contributed by atoms with Gasteiger partial charge in [0.25, 0.3) is 0 Å². The second-order valence-corrected chi connectivity index (χ2v) is 7.05. The van der Waals surface area contributed by atoms with E-state index in [4.69, 9.17) is 0 Å². The van der Waals surface area contributed by atoms with Gasteiger partial charge in [-0.05, 0) is 32.9 Å². The highest BCUT2D eigenvalue weighted by molar-refractivity contribution is 5.89. The third kappa shape index (κ3) is 4.69. The molecule has 1 saturated heterocycles. The van der Waals surface area contributed by atoms with Crippen molar-refractivity contribution in [1.29, 1.82) is 0 Å². The zero-order chi connectivity index (χ0) is 16.8. The highest BCUT2D eigenvalue weighted by Gasteiger charge is 2.38. The van der Waals surface area contributed by atoms with Gasteiger partial charge in [-0.15, -0.1) is 0 Å². The molecule has 1 aliphatic heterocycles. The Morgan fingerprint density at radius 1 is 1.26 bits per heavy atom. The summed E-state index contributed by atoms with van der Waals surface area (Å²) >= 11 is 0. The highest BCUT2D eigenvalue weighted by atomic mass is 16.2. The summed E-state index contributed by atoms with van der Waals surface area (Å²) in [4.78, 5) is 29.0. The zero-order valence-electron chi connectivity index (χ0n) is 15.0. The molecule has 2 unspecified atom stereocenters. The van der Waals surface area contributed by atoms with Crippen LogP contribution in [0.3, 0.4) is 0 Å². The molecule has 5 nitrogen and oxygen atoms in total. The first-order chi connectivity index (χ1) is 11.1. The number of hydrogen-bond acceptors (Lipinski definition) is 3. The highest BCUT2D eigenvalue weighted by Crippen LogP contribution is 2.28. The minimum absolute atomic E-state index is 0.0515. The summed E-state index contributed by atoms with van der Waals surface area (Å²) in [5, 5.41) is 3.06. The Morgan fingerprint density at radius 3 is 2.52 bits per heavy atom. The zero-order valence-corrected chi connectivity index (χ0v) is 15.0. The van der Waals surface area contributed by atoms with Crippen LogP contribution in [-0.4, -0.2) is 59.9 Å². The first-order valence-electron chi connectivity index (χ1n) is 9.38. The van der Waals surface area contributed by atoms with Crippen molar-refractivity contribution in [2.45, 2.75) is 71.4 Å². The molecule has 2 atom stereocenters. The summed E-state index contributed by atoms with van der Waals surface area (Å²) in [6.45, 7) is 9.68. The van der Waals surface area contributed by atoms with E-state index in [-0.39, 0.29) is 17.7 Å². The minimum atomic E-state index is -0.159. The van der Waals surface area contributed by atoms with Crippen molar-refractivity contribution >= 4 is 11.8 Å². The number of hydrogen-bond donors (Lipinski definition) is 1. The largest absolute Gasteiger partial charge is 0.354 e. The molecular weight excluding hydrogens is 290 g/mol. The molecule has 0 aromatic carbocycles. The number of amides is 2. The van der Waals surface area contributed by atoms with Crippen LogP contribution in [0.4, 0.5) is 0 Å². The number of carbonyl (C=O) groups excluding carboxylic acids is 2. The fraction of sp³-hybridized carbons (Fsp3) is 0.889. The van der Waals surface area contributed by atoms with Gasteiger partial charge in [0.1, 0.15) is 0 Å². The predicted molar refractivity (Wildman–Crippen MR) is 92.1 cm³/mol. The van der Waals surface area contributed by atoms with E-state index in [2.05, 4.69) is 31.0 Å². The van der Waals surface area contributed by atoms with Crippen LogP contribution in [-0.2, 0) is 9.59 Å². The minimum Gasteiger partial charge on any atom is -0.354 e. The first kappa shape index (κ1) is 18.2. The number of likely N-dealkylation sites (N-methyl/N-ethyl adjacent to an activating group) is 1. The van der Waals surface area contributed by atoms with Gasteiger partial charge in [0.05, 0.1) is 5.92 Å². The van der Waals surface area contributed by atoms with Crippen molar-refractivity contribution in [1.82, 2.24) is 15.1 Å². The summed E-state index contributed by atoms with van der Waals surface area (Å²) in [6.07, 6.45) is 6.32. The molecule has 2 aliphatic rings. The van der Waals surface area contributed by atoms with E-state index in [1.54, 1.807) is 0 Å². The van der Waals surface area contributed by atoms with Gasteiger partial charge in [0.15, 0.2) is 0 Å².